The van der Waals surface area contributed by atoms with Gasteiger partial charge >= 0.3 is 0 Å². The maximum atomic E-state index is 11.6. The second kappa shape index (κ2) is 7.92. The van der Waals surface area contributed by atoms with Gasteiger partial charge in [-0.3, -0.25) is 4.79 Å². The summed E-state index contributed by atoms with van der Waals surface area (Å²) in [5.41, 5.74) is 6.16. The SMILES string of the molecule is CC(C)=C(CC(C)(C)[C@@H](C(N)=O)[C@H](C)O)SCCO. The maximum Gasteiger partial charge on any atom is 0.223 e. The van der Waals surface area contributed by atoms with E-state index in [4.69, 9.17) is 10.8 Å². The quantitative estimate of drug-likeness (QED) is 0.637. The number of carbonyl (C=O) groups excluding carboxylic acids is 1. The lowest BCUT2D eigenvalue weighted by Gasteiger charge is -2.35. The predicted octanol–water partition coefficient (Wildman–Crippen LogP) is 1.90. The summed E-state index contributed by atoms with van der Waals surface area (Å²) < 4.78 is 0. The average molecular weight is 289 g/mol. The topological polar surface area (TPSA) is 83.6 Å². The lowest BCUT2D eigenvalue weighted by molar-refractivity contribution is -0.130. The number of aliphatic hydroxyl groups is 2. The minimum atomic E-state index is -0.770. The maximum absolute atomic E-state index is 11.6. The Morgan fingerprint density at radius 1 is 1.37 bits per heavy atom. The number of thioether (sulfide) groups is 1. The molecule has 0 aromatic rings. The van der Waals surface area contributed by atoms with Gasteiger partial charge in [-0.15, -0.1) is 11.8 Å². The molecule has 0 aromatic heterocycles. The van der Waals surface area contributed by atoms with Gasteiger partial charge in [0.1, 0.15) is 0 Å². The standard InChI is InChI=1S/C14H27NO3S/c1-9(2)11(19-7-6-16)8-14(4,5)12(10(3)17)13(15)18/h10,12,16-17H,6-8H2,1-5H3,(H2,15,18)/t10-,12+/m0/s1. The highest BCUT2D eigenvalue weighted by Gasteiger charge is 2.38. The van der Waals surface area contributed by atoms with Crippen molar-refractivity contribution in [3.63, 3.8) is 0 Å². The summed E-state index contributed by atoms with van der Waals surface area (Å²) in [6, 6.07) is 0. The van der Waals surface area contributed by atoms with Gasteiger partial charge in [-0.25, -0.2) is 0 Å². The number of allylic oxidation sites excluding steroid dienone is 2. The molecular weight excluding hydrogens is 262 g/mol. The second-order valence-electron chi connectivity index (χ2n) is 5.78. The van der Waals surface area contributed by atoms with E-state index in [9.17, 15) is 9.90 Å². The molecule has 2 atom stereocenters. The van der Waals surface area contributed by atoms with Crippen LogP contribution < -0.4 is 5.73 Å². The molecule has 0 saturated heterocycles. The lowest BCUT2D eigenvalue weighted by atomic mass is 9.73. The summed E-state index contributed by atoms with van der Waals surface area (Å²) in [7, 11) is 0. The van der Waals surface area contributed by atoms with Gasteiger partial charge in [-0.2, -0.15) is 0 Å². The van der Waals surface area contributed by atoms with Gasteiger partial charge in [0.2, 0.25) is 5.91 Å². The fraction of sp³-hybridized carbons (Fsp3) is 0.786. The van der Waals surface area contributed by atoms with E-state index < -0.39 is 23.3 Å². The van der Waals surface area contributed by atoms with Crippen LogP contribution in [0.15, 0.2) is 10.5 Å². The van der Waals surface area contributed by atoms with Crippen LogP contribution in [0.1, 0.15) is 41.0 Å². The highest BCUT2D eigenvalue weighted by atomic mass is 32.2. The summed E-state index contributed by atoms with van der Waals surface area (Å²) in [6.45, 7) is 9.63. The summed E-state index contributed by atoms with van der Waals surface area (Å²) in [5, 5.41) is 18.7. The first-order valence-electron chi connectivity index (χ1n) is 6.51. The Morgan fingerprint density at radius 2 is 1.89 bits per heavy atom. The van der Waals surface area contributed by atoms with Crippen molar-refractivity contribution in [2.45, 2.75) is 47.1 Å². The van der Waals surface area contributed by atoms with Crippen LogP contribution in [0.2, 0.25) is 0 Å². The largest absolute Gasteiger partial charge is 0.396 e. The molecule has 0 aromatic carbocycles. The predicted molar refractivity (Wildman–Crippen MR) is 80.7 cm³/mol. The summed E-state index contributed by atoms with van der Waals surface area (Å²) in [6.07, 6.45) is -0.104. The van der Waals surface area contributed by atoms with Crippen LogP contribution >= 0.6 is 11.8 Å². The van der Waals surface area contributed by atoms with Crippen molar-refractivity contribution in [3.8, 4) is 0 Å². The van der Waals surface area contributed by atoms with Crippen LogP contribution in [0.25, 0.3) is 0 Å². The normalized spacial score (nSPS) is 14.9. The molecule has 19 heavy (non-hydrogen) atoms. The highest BCUT2D eigenvalue weighted by molar-refractivity contribution is 8.03. The number of primary amides is 1. The number of aliphatic hydroxyl groups excluding tert-OH is 2. The van der Waals surface area contributed by atoms with Crippen LogP contribution in [-0.2, 0) is 4.79 Å². The first-order valence-corrected chi connectivity index (χ1v) is 7.49. The number of nitrogens with two attached hydrogens (primary N) is 1. The first-order chi connectivity index (χ1) is 8.63. The molecule has 0 bridgehead atoms. The van der Waals surface area contributed by atoms with Crippen molar-refractivity contribution in [2.24, 2.45) is 17.1 Å². The molecule has 0 aliphatic rings. The third-order valence-electron chi connectivity index (χ3n) is 3.17. The van der Waals surface area contributed by atoms with Crippen LogP contribution in [0.4, 0.5) is 0 Å². The lowest BCUT2D eigenvalue weighted by Crippen LogP contribution is -2.42. The summed E-state index contributed by atoms with van der Waals surface area (Å²) in [5.74, 6) is -0.427. The zero-order valence-electron chi connectivity index (χ0n) is 12.6. The van der Waals surface area contributed by atoms with Crippen molar-refractivity contribution in [1.29, 1.82) is 0 Å². The average Bonchev–Trinajstić information content (AvgIpc) is 2.21. The van der Waals surface area contributed by atoms with Crippen LogP contribution in [0.3, 0.4) is 0 Å². The molecule has 0 spiro atoms. The van der Waals surface area contributed by atoms with Gasteiger partial charge in [-0.05, 0) is 37.5 Å². The molecule has 0 fully saturated rings. The molecule has 0 aliphatic heterocycles. The van der Waals surface area contributed by atoms with Crippen molar-refractivity contribution >= 4 is 17.7 Å². The van der Waals surface area contributed by atoms with E-state index in [0.717, 1.165) is 4.91 Å². The zero-order valence-corrected chi connectivity index (χ0v) is 13.4. The minimum Gasteiger partial charge on any atom is -0.396 e. The Kier molecular flexibility index (Phi) is 7.71. The number of rotatable bonds is 8. The zero-order chi connectivity index (χ0) is 15.2. The smallest absolute Gasteiger partial charge is 0.223 e. The minimum absolute atomic E-state index is 0.123. The van der Waals surface area contributed by atoms with Gasteiger partial charge in [0, 0.05) is 5.75 Å². The van der Waals surface area contributed by atoms with E-state index in [1.54, 1.807) is 18.7 Å². The van der Waals surface area contributed by atoms with Gasteiger partial charge in [0.15, 0.2) is 0 Å². The highest BCUT2D eigenvalue weighted by Crippen LogP contribution is 2.40. The molecule has 5 heteroatoms. The van der Waals surface area contributed by atoms with Crippen molar-refractivity contribution in [3.05, 3.63) is 10.5 Å². The van der Waals surface area contributed by atoms with Crippen LogP contribution in [0.5, 0.6) is 0 Å². The second-order valence-corrected chi connectivity index (χ2v) is 6.97. The third-order valence-corrected chi connectivity index (χ3v) is 4.46. The molecule has 0 rings (SSSR count). The fourth-order valence-electron chi connectivity index (χ4n) is 2.34. The van der Waals surface area contributed by atoms with Gasteiger partial charge in [0.25, 0.3) is 0 Å². The summed E-state index contributed by atoms with van der Waals surface area (Å²) >= 11 is 1.59. The Balaban J connectivity index is 5.08. The number of hydrogen-bond acceptors (Lipinski definition) is 4. The van der Waals surface area contributed by atoms with Gasteiger partial charge < -0.3 is 15.9 Å². The Labute approximate surface area is 120 Å². The van der Waals surface area contributed by atoms with Gasteiger partial charge in [0.05, 0.1) is 18.6 Å². The number of amides is 1. The fourth-order valence-corrected chi connectivity index (χ4v) is 3.44. The van der Waals surface area contributed by atoms with Crippen molar-refractivity contribution in [1.82, 2.24) is 0 Å². The Bertz CT molecular complexity index is 334. The molecule has 4 nitrogen and oxygen atoms in total. The van der Waals surface area contributed by atoms with E-state index in [-0.39, 0.29) is 6.61 Å². The molecule has 1 amide bonds. The van der Waals surface area contributed by atoms with E-state index in [0.29, 0.717) is 12.2 Å². The third kappa shape index (κ3) is 5.97. The molecule has 0 unspecified atom stereocenters. The van der Waals surface area contributed by atoms with E-state index in [1.807, 2.05) is 27.7 Å². The first kappa shape index (κ1) is 18.5. The number of hydrogen-bond donors (Lipinski definition) is 3. The molecule has 112 valence electrons. The number of carbonyl (C=O) groups is 1. The van der Waals surface area contributed by atoms with Crippen LogP contribution in [-0.4, -0.2) is 34.6 Å². The van der Waals surface area contributed by atoms with E-state index in [1.165, 1.54) is 5.57 Å². The van der Waals surface area contributed by atoms with Gasteiger partial charge in [-0.1, -0.05) is 19.4 Å². The molecule has 0 saturated carbocycles. The summed E-state index contributed by atoms with van der Waals surface area (Å²) in [4.78, 5) is 12.7. The Hall–Kier alpha value is -0.520. The molecule has 0 aliphatic carbocycles. The van der Waals surface area contributed by atoms with Crippen molar-refractivity contribution in [2.75, 3.05) is 12.4 Å². The monoisotopic (exact) mass is 289 g/mol. The van der Waals surface area contributed by atoms with Crippen LogP contribution in [0, 0.1) is 11.3 Å². The molecule has 0 heterocycles. The van der Waals surface area contributed by atoms with E-state index >= 15 is 0 Å². The Morgan fingerprint density at radius 3 is 2.21 bits per heavy atom. The molecule has 4 N–H and O–H groups in total. The molecule has 0 radical (unpaired) electrons. The molecular formula is C14H27NO3S. The van der Waals surface area contributed by atoms with E-state index in [2.05, 4.69) is 0 Å². The van der Waals surface area contributed by atoms with Crippen molar-refractivity contribution < 1.29 is 15.0 Å².